The van der Waals surface area contributed by atoms with Crippen LogP contribution in [0.15, 0.2) is 41.4 Å². The number of nitrogens with zero attached hydrogens (tertiary/aromatic N) is 2. The summed E-state index contributed by atoms with van der Waals surface area (Å²) in [6.07, 6.45) is 1.69. The predicted octanol–water partition coefficient (Wildman–Crippen LogP) is 0.890. The fourth-order valence-corrected chi connectivity index (χ4v) is 4.39. The van der Waals surface area contributed by atoms with Crippen LogP contribution in [-0.4, -0.2) is 61.5 Å². The van der Waals surface area contributed by atoms with Crippen LogP contribution >= 0.6 is 0 Å². The average molecular weight is 363 g/mol. The van der Waals surface area contributed by atoms with Gasteiger partial charge in [0, 0.05) is 38.4 Å². The van der Waals surface area contributed by atoms with Gasteiger partial charge in [0.2, 0.25) is 16.8 Å². The van der Waals surface area contributed by atoms with Crippen LogP contribution < -0.4 is 9.47 Å². The number of hydrogen-bond acceptors (Lipinski definition) is 5. The minimum atomic E-state index is -3.63. The molecule has 132 valence electrons. The Hall–Kier alpha value is -2.52. The molecule has 4 rings (SSSR count). The number of H-pyrrole nitrogens is 1. The second-order valence-corrected chi connectivity index (χ2v) is 7.73. The highest BCUT2D eigenvalue weighted by Crippen LogP contribution is 2.34. The second kappa shape index (κ2) is 6.08. The number of sulfonamides is 1. The summed E-state index contributed by atoms with van der Waals surface area (Å²) >= 11 is 0. The maximum Gasteiger partial charge on any atom is 0.270 e. The zero-order valence-electron chi connectivity index (χ0n) is 13.3. The van der Waals surface area contributed by atoms with Crippen molar-refractivity contribution < 1.29 is 22.7 Å². The van der Waals surface area contributed by atoms with Gasteiger partial charge >= 0.3 is 0 Å². The van der Waals surface area contributed by atoms with Crippen molar-refractivity contribution in [2.45, 2.75) is 4.90 Å². The lowest BCUT2D eigenvalue weighted by Crippen LogP contribution is -2.50. The van der Waals surface area contributed by atoms with Crippen LogP contribution in [0.3, 0.4) is 0 Å². The third-order valence-electron chi connectivity index (χ3n) is 4.34. The topological polar surface area (TPSA) is 91.9 Å². The summed E-state index contributed by atoms with van der Waals surface area (Å²) in [5, 5.41) is 0. The third kappa shape index (κ3) is 2.85. The van der Waals surface area contributed by atoms with Crippen molar-refractivity contribution in [3.63, 3.8) is 0 Å². The molecule has 2 aliphatic rings. The number of fused-ring (bicyclic) bond motifs is 1. The monoisotopic (exact) mass is 363 g/mol. The fourth-order valence-electron chi connectivity index (χ4n) is 2.95. The molecule has 2 aliphatic heterocycles. The molecule has 0 saturated carbocycles. The molecule has 1 N–H and O–H groups in total. The zero-order valence-corrected chi connectivity index (χ0v) is 14.2. The molecule has 0 aliphatic carbocycles. The van der Waals surface area contributed by atoms with E-state index in [1.165, 1.54) is 16.4 Å². The number of aromatic nitrogens is 1. The number of piperazine rings is 1. The molecule has 25 heavy (non-hydrogen) atoms. The number of carbonyl (C=O) groups excluding carboxylic acids is 1. The first-order chi connectivity index (χ1) is 12.1. The van der Waals surface area contributed by atoms with E-state index in [1.807, 2.05) is 0 Å². The van der Waals surface area contributed by atoms with Crippen molar-refractivity contribution in [3.05, 3.63) is 42.2 Å². The Balaban J connectivity index is 1.47. The normalized spacial score (nSPS) is 17.7. The van der Waals surface area contributed by atoms with E-state index in [0.29, 0.717) is 30.3 Å². The van der Waals surface area contributed by atoms with E-state index in [2.05, 4.69) is 4.98 Å². The molecule has 3 heterocycles. The van der Waals surface area contributed by atoms with Crippen LogP contribution in [0, 0.1) is 0 Å². The molecule has 2 aromatic rings. The molecule has 9 heteroatoms. The first-order valence-corrected chi connectivity index (χ1v) is 9.32. The summed E-state index contributed by atoms with van der Waals surface area (Å²) in [5.74, 6) is 0.854. The smallest absolute Gasteiger partial charge is 0.270 e. The number of aromatic amines is 1. The standard InChI is InChI=1S/C16H17N3O5S/c20-16(13-2-1-5-17-13)18-6-8-19(9-7-18)25(21,22)12-3-4-14-15(10-12)24-11-23-14/h1-5,10,17H,6-9,11H2. The number of carbonyl (C=O) groups is 1. The van der Waals surface area contributed by atoms with E-state index in [-0.39, 0.29) is 30.7 Å². The summed E-state index contributed by atoms with van der Waals surface area (Å²) < 4.78 is 37.5. The highest BCUT2D eigenvalue weighted by atomic mass is 32.2. The summed E-state index contributed by atoms with van der Waals surface area (Å²) in [6.45, 7) is 1.30. The van der Waals surface area contributed by atoms with Crippen molar-refractivity contribution in [1.29, 1.82) is 0 Å². The minimum Gasteiger partial charge on any atom is -0.454 e. The first-order valence-electron chi connectivity index (χ1n) is 7.88. The predicted molar refractivity (Wildman–Crippen MR) is 88.0 cm³/mol. The van der Waals surface area contributed by atoms with Crippen LogP contribution in [0.1, 0.15) is 10.5 Å². The van der Waals surface area contributed by atoms with Gasteiger partial charge in [0.1, 0.15) is 5.69 Å². The van der Waals surface area contributed by atoms with E-state index in [1.54, 1.807) is 29.3 Å². The second-order valence-electron chi connectivity index (χ2n) is 5.80. The maximum atomic E-state index is 12.8. The van der Waals surface area contributed by atoms with Crippen molar-refractivity contribution >= 4 is 15.9 Å². The molecule has 1 saturated heterocycles. The quantitative estimate of drug-likeness (QED) is 0.874. The largest absolute Gasteiger partial charge is 0.454 e. The molecule has 1 aromatic carbocycles. The van der Waals surface area contributed by atoms with Crippen LogP contribution in [0.4, 0.5) is 0 Å². The lowest BCUT2D eigenvalue weighted by molar-refractivity contribution is 0.0692. The van der Waals surface area contributed by atoms with E-state index >= 15 is 0 Å². The maximum absolute atomic E-state index is 12.8. The fraction of sp³-hybridized carbons (Fsp3) is 0.312. The SMILES string of the molecule is O=C(c1ccc[nH]1)N1CCN(S(=O)(=O)c2ccc3c(c2)OCO3)CC1. The Morgan fingerprint density at radius 2 is 1.80 bits per heavy atom. The van der Waals surface area contributed by atoms with Gasteiger partial charge in [0.05, 0.1) is 4.90 Å². The number of amides is 1. The summed E-state index contributed by atoms with van der Waals surface area (Å²) in [4.78, 5) is 17.0. The van der Waals surface area contributed by atoms with Gasteiger partial charge in [-0.1, -0.05) is 0 Å². The van der Waals surface area contributed by atoms with Crippen LogP contribution in [0.5, 0.6) is 11.5 Å². The number of benzene rings is 1. The molecule has 8 nitrogen and oxygen atoms in total. The number of hydrogen-bond donors (Lipinski definition) is 1. The highest BCUT2D eigenvalue weighted by molar-refractivity contribution is 7.89. The summed E-state index contributed by atoms with van der Waals surface area (Å²) in [6, 6.07) is 8.05. The molecular formula is C16H17N3O5S. The van der Waals surface area contributed by atoms with Gasteiger partial charge in [-0.15, -0.1) is 0 Å². The van der Waals surface area contributed by atoms with Crippen LogP contribution in [-0.2, 0) is 10.0 Å². The summed E-state index contributed by atoms with van der Waals surface area (Å²) in [7, 11) is -3.63. The van der Waals surface area contributed by atoms with Crippen molar-refractivity contribution in [2.75, 3.05) is 33.0 Å². The molecule has 0 atom stereocenters. The Morgan fingerprint density at radius 3 is 2.52 bits per heavy atom. The molecule has 0 radical (unpaired) electrons. The van der Waals surface area contributed by atoms with Crippen LogP contribution in [0.25, 0.3) is 0 Å². The zero-order chi connectivity index (χ0) is 17.4. The molecule has 1 aromatic heterocycles. The van der Waals surface area contributed by atoms with Gasteiger partial charge in [0.25, 0.3) is 5.91 Å². The number of rotatable bonds is 3. The van der Waals surface area contributed by atoms with Gasteiger partial charge < -0.3 is 19.4 Å². The van der Waals surface area contributed by atoms with Crippen molar-refractivity contribution in [1.82, 2.24) is 14.2 Å². The van der Waals surface area contributed by atoms with Gasteiger partial charge in [0.15, 0.2) is 11.5 Å². The third-order valence-corrected chi connectivity index (χ3v) is 6.23. The van der Waals surface area contributed by atoms with E-state index in [4.69, 9.17) is 9.47 Å². The average Bonchev–Trinajstić information content (AvgIpc) is 3.32. The van der Waals surface area contributed by atoms with Gasteiger partial charge in [-0.2, -0.15) is 4.31 Å². The van der Waals surface area contributed by atoms with Crippen molar-refractivity contribution in [3.8, 4) is 11.5 Å². The molecule has 1 fully saturated rings. The molecule has 1 amide bonds. The number of ether oxygens (including phenoxy) is 2. The molecule has 0 bridgehead atoms. The Kier molecular flexibility index (Phi) is 3.89. The molecule has 0 spiro atoms. The minimum absolute atomic E-state index is 0.0956. The van der Waals surface area contributed by atoms with E-state index in [9.17, 15) is 13.2 Å². The lowest BCUT2D eigenvalue weighted by atomic mass is 10.3. The Morgan fingerprint density at radius 1 is 1.04 bits per heavy atom. The van der Waals surface area contributed by atoms with E-state index in [0.717, 1.165) is 0 Å². The van der Waals surface area contributed by atoms with Gasteiger partial charge in [-0.25, -0.2) is 8.42 Å². The number of nitrogens with one attached hydrogen (secondary N) is 1. The Bertz CT molecular complexity index is 886. The summed E-state index contributed by atoms with van der Waals surface area (Å²) in [5.41, 5.74) is 0.507. The first kappa shape index (κ1) is 16.0. The van der Waals surface area contributed by atoms with E-state index < -0.39 is 10.0 Å². The highest BCUT2D eigenvalue weighted by Gasteiger charge is 2.31. The Labute approximate surface area is 145 Å². The van der Waals surface area contributed by atoms with Gasteiger partial charge in [-0.3, -0.25) is 4.79 Å². The van der Waals surface area contributed by atoms with Crippen molar-refractivity contribution in [2.24, 2.45) is 0 Å². The lowest BCUT2D eigenvalue weighted by Gasteiger charge is -2.33. The van der Waals surface area contributed by atoms with Crippen LogP contribution in [0.2, 0.25) is 0 Å². The van der Waals surface area contributed by atoms with Gasteiger partial charge in [-0.05, 0) is 24.3 Å². The molecular weight excluding hydrogens is 346 g/mol. The molecule has 0 unspecified atom stereocenters.